The van der Waals surface area contributed by atoms with Crippen LogP contribution in [0.1, 0.15) is 15.9 Å². The summed E-state index contributed by atoms with van der Waals surface area (Å²) >= 11 is 0. The molecule has 0 aliphatic heterocycles. The predicted molar refractivity (Wildman–Crippen MR) is 70.7 cm³/mol. The normalized spacial score (nSPS) is 10.5. The van der Waals surface area contributed by atoms with Gasteiger partial charge in [-0.3, -0.25) is 19.9 Å². The molecule has 0 bridgehead atoms. The third-order valence-corrected chi connectivity index (χ3v) is 2.50. The Labute approximate surface area is 109 Å². The summed E-state index contributed by atoms with van der Waals surface area (Å²) in [6.45, 7) is 0. The molecule has 5 heteroatoms. The molecule has 0 atom stereocenters. The lowest BCUT2D eigenvalue weighted by atomic mass is 10.1. The number of carbonyl (C=O) groups is 1. The molecule has 1 aromatic carbocycles. The summed E-state index contributed by atoms with van der Waals surface area (Å²) in [6.07, 6.45) is 6.14. The van der Waals surface area contributed by atoms with E-state index in [2.05, 4.69) is 4.98 Å². The molecule has 5 nitrogen and oxygen atoms in total. The van der Waals surface area contributed by atoms with E-state index in [4.69, 9.17) is 0 Å². The van der Waals surface area contributed by atoms with Crippen molar-refractivity contribution in [3.8, 4) is 0 Å². The summed E-state index contributed by atoms with van der Waals surface area (Å²) in [7, 11) is 0. The summed E-state index contributed by atoms with van der Waals surface area (Å²) in [5.74, 6) is -0.138. The largest absolute Gasteiger partial charge is 0.289 e. The van der Waals surface area contributed by atoms with E-state index in [1.54, 1.807) is 42.7 Å². The second-order valence-electron chi connectivity index (χ2n) is 3.78. The quantitative estimate of drug-likeness (QED) is 0.364. The highest BCUT2D eigenvalue weighted by Gasteiger charge is 2.03. The van der Waals surface area contributed by atoms with E-state index < -0.39 is 4.92 Å². The van der Waals surface area contributed by atoms with Crippen molar-refractivity contribution in [2.24, 2.45) is 0 Å². The molecule has 0 saturated heterocycles. The number of benzene rings is 1. The zero-order valence-corrected chi connectivity index (χ0v) is 9.89. The van der Waals surface area contributed by atoms with Crippen molar-refractivity contribution in [1.29, 1.82) is 0 Å². The van der Waals surface area contributed by atoms with E-state index in [0.29, 0.717) is 5.56 Å². The Hall–Kier alpha value is -2.82. The van der Waals surface area contributed by atoms with Gasteiger partial charge < -0.3 is 0 Å². The van der Waals surface area contributed by atoms with Gasteiger partial charge in [0, 0.05) is 30.1 Å². The SMILES string of the molecule is O=C(/C=C/c1ccc([N+](=O)[O-])cc1)c1ccncc1. The number of aromatic nitrogens is 1. The van der Waals surface area contributed by atoms with Crippen molar-refractivity contribution < 1.29 is 9.72 Å². The highest BCUT2D eigenvalue weighted by molar-refractivity contribution is 6.06. The highest BCUT2D eigenvalue weighted by Crippen LogP contribution is 2.13. The average Bonchev–Trinajstić information content (AvgIpc) is 2.46. The third kappa shape index (κ3) is 3.32. The number of rotatable bonds is 4. The highest BCUT2D eigenvalue weighted by atomic mass is 16.6. The number of carbonyl (C=O) groups excluding carboxylic acids is 1. The molecule has 19 heavy (non-hydrogen) atoms. The van der Waals surface area contributed by atoms with Crippen LogP contribution < -0.4 is 0 Å². The Balaban J connectivity index is 2.10. The topological polar surface area (TPSA) is 73.1 Å². The monoisotopic (exact) mass is 254 g/mol. The Morgan fingerprint density at radius 3 is 2.32 bits per heavy atom. The van der Waals surface area contributed by atoms with Gasteiger partial charge in [0.25, 0.3) is 5.69 Å². The van der Waals surface area contributed by atoms with Crippen molar-refractivity contribution >= 4 is 17.5 Å². The Bertz CT molecular complexity index is 619. The molecule has 1 aromatic heterocycles. The third-order valence-electron chi connectivity index (χ3n) is 2.50. The lowest BCUT2D eigenvalue weighted by Crippen LogP contribution is -1.93. The van der Waals surface area contributed by atoms with Crippen LogP contribution in [-0.4, -0.2) is 15.7 Å². The van der Waals surface area contributed by atoms with E-state index >= 15 is 0 Å². The number of nitro benzene ring substituents is 1. The summed E-state index contributed by atoms with van der Waals surface area (Å²) in [4.78, 5) is 25.6. The van der Waals surface area contributed by atoms with E-state index in [9.17, 15) is 14.9 Å². The van der Waals surface area contributed by atoms with Crippen LogP contribution in [0.3, 0.4) is 0 Å². The molecule has 0 unspecified atom stereocenters. The van der Waals surface area contributed by atoms with Crippen LogP contribution in [0, 0.1) is 10.1 Å². The lowest BCUT2D eigenvalue weighted by Gasteiger charge is -1.95. The van der Waals surface area contributed by atoms with Crippen LogP contribution in [-0.2, 0) is 0 Å². The van der Waals surface area contributed by atoms with Crippen LogP contribution in [0.25, 0.3) is 6.08 Å². The molecule has 94 valence electrons. The first-order valence-corrected chi connectivity index (χ1v) is 5.54. The fourth-order valence-electron chi connectivity index (χ4n) is 1.49. The number of ketones is 1. The van der Waals surface area contributed by atoms with Crippen LogP contribution in [0.15, 0.2) is 54.9 Å². The Morgan fingerprint density at radius 2 is 1.74 bits per heavy atom. The maximum absolute atomic E-state index is 11.8. The molecule has 0 aliphatic rings. The Kier molecular flexibility index (Phi) is 3.78. The Morgan fingerprint density at radius 1 is 1.11 bits per heavy atom. The molecule has 0 aliphatic carbocycles. The van der Waals surface area contributed by atoms with Gasteiger partial charge in [-0.15, -0.1) is 0 Å². The van der Waals surface area contributed by atoms with Gasteiger partial charge in [-0.2, -0.15) is 0 Å². The van der Waals surface area contributed by atoms with E-state index in [-0.39, 0.29) is 11.5 Å². The van der Waals surface area contributed by atoms with Crippen LogP contribution in [0.5, 0.6) is 0 Å². The standard InChI is InChI=1S/C14H10N2O3/c17-14(12-7-9-15-10-8-12)6-3-11-1-4-13(5-2-11)16(18)19/h1-10H/b6-3+. The van der Waals surface area contributed by atoms with Gasteiger partial charge >= 0.3 is 0 Å². The number of allylic oxidation sites excluding steroid dienone is 1. The van der Waals surface area contributed by atoms with Crippen molar-refractivity contribution in [1.82, 2.24) is 4.98 Å². The van der Waals surface area contributed by atoms with Crippen molar-refractivity contribution in [2.75, 3.05) is 0 Å². The van der Waals surface area contributed by atoms with Crippen molar-refractivity contribution in [3.05, 3.63) is 76.1 Å². The molecule has 2 aromatic rings. The molecule has 0 radical (unpaired) electrons. The first kappa shape index (κ1) is 12.6. The fourth-order valence-corrected chi connectivity index (χ4v) is 1.49. The number of hydrogen-bond donors (Lipinski definition) is 0. The minimum atomic E-state index is -0.463. The number of hydrogen-bond acceptors (Lipinski definition) is 4. The zero-order valence-electron chi connectivity index (χ0n) is 9.89. The minimum Gasteiger partial charge on any atom is -0.289 e. The van der Waals surface area contributed by atoms with Gasteiger partial charge in [-0.05, 0) is 35.9 Å². The first-order chi connectivity index (χ1) is 9.16. The molecule has 1 heterocycles. The molecule has 0 N–H and O–H groups in total. The molecular formula is C14H10N2O3. The van der Waals surface area contributed by atoms with Gasteiger partial charge in [0.2, 0.25) is 0 Å². The van der Waals surface area contributed by atoms with Crippen molar-refractivity contribution in [2.45, 2.75) is 0 Å². The predicted octanol–water partition coefficient (Wildman–Crippen LogP) is 2.89. The second-order valence-corrected chi connectivity index (χ2v) is 3.78. The number of nitro groups is 1. The number of pyridine rings is 1. The molecule has 0 saturated carbocycles. The first-order valence-electron chi connectivity index (χ1n) is 5.54. The average molecular weight is 254 g/mol. The fraction of sp³-hybridized carbons (Fsp3) is 0. The van der Waals surface area contributed by atoms with Crippen LogP contribution in [0.2, 0.25) is 0 Å². The summed E-state index contributed by atoms with van der Waals surface area (Å²) in [5.41, 5.74) is 1.30. The number of non-ortho nitro benzene ring substituents is 1. The zero-order chi connectivity index (χ0) is 13.7. The maximum atomic E-state index is 11.8. The lowest BCUT2D eigenvalue weighted by molar-refractivity contribution is -0.384. The second kappa shape index (κ2) is 5.68. The van der Waals surface area contributed by atoms with Crippen molar-refractivity contribution in [3.63, 3.8) is 0 Å². The van der Waals surface area contributed by atoms with E-state index in [0.717, 1.165) is 5.56 Å². The van der Waals surface area contributed by atoms with E-state index in [1.807, 2.05) is 0 Å². The molecule has 0 amide bonds. The maximum Gasteiger partial charge on any atom is 0.269 e. The van der Waals surface area contributed by atoms with Gasteiger partial charge in [-0.1, -0.05) is 6.08 Å². The smallest absolute Gasteiger partial charge is 0.269 e. The molecule has 0 fully saturated rings. The molecular weight excluding hydrogens is 244 g/mol. The molecule has 0 spiro atoms. The summed E-state index contributed by atoms with van der Waals surface area (Å²) in [6, 6.07) is 9.24. The van der Waals surface area contributed by atoms with E-state index in [1.165, 1.54) is 18.2 Å². The minimum absolute atomic E-state index is 0.0256. The molecule has 2 rings (SSSR count). The summed E-state index contributed by atoms with van der Waals surface area (Å²) < 4.78 is 0. The van der Waals surface area contributed by atoms with Crippen LogP contribution in [0.4, 0.5) is 5.69 Å². The van der Waals surface area contributed by atoms with Gasteiger partial charge in [0.05, 0.1) is 4.92 Å². The van der Waals surface area contributed by atoms with Gasteiger partial charge in [0.1, 0.15) is 0 Å². The summed E-state index contributed by atoms with van der Waals surface area (Å²) in [5, 5.41) is 10.5. The number of nitrogens with zero attached hydrogens (tertiary/aromatic N) is 2. The van der Waals surface area contributed by atoms with Crippen LogP contribution >= 0.6 is 0 Å². The van der Waals surface area contributed by atoms with Gasteiger partial charge in [0.15, 0.2) is 5.78 Å². The van der Waals surface area contributed by atoms with Gasteiger partial charge in [-0.25, -0.2) is 0 Å².